The Kier molecular flexibility index (Phi) is 5.71. The molecule has 0 aliphatic heterocycles. The summed E-state index contributed by atoms with van der Waals surface area (Å²) in [5, 5.41) is 3.86. The first-order valence-corrected chi connectivity index (χ1v) is 8.12. The minimum Gasteiger partial charge on any atom is -0.352 e. The molecule has 1 aliphatic carbocycles. The van der Waals surface area contributed by atoms with E-state index in [0.29, 0.717) is 16.3 Å². The molecule has 1 fully saturated rings. The molecule has 1 aromatic rings. The normalized spacial score (nSPS) is 23.7. The van der Waals surface area contributed by atoms with Crippen molar-refractivity contribution in [3.8, 4) is 0 Å². The molecule has 1 aromatic carbocycles. The summed E-state index contributed by atoms with van der Waals surface area (Å²) in [4.78, 5) is 12.5. The van der Waals surface area contributed by atoms with Crippen molar-refractivity contribution in [3.05, 3.63) is 34.9 Å². The molecule has 0 saturated heterocycles. The summed E-state index contributed by atoms with van der Waals surface area (Å²) < 4.78 is 0. The predicted molar refractivity (Wildman–Crippen MR) is 82.9 cm³/mol. The zero-order valence-corrected chi connectivity index (χ0v) is 13.2. The average Bonchev–Trinajstić information content (AvgIpc) is 2.58. The molecule has 2 nitrogen and oxygen atoms in total. The first-order chi connectivity index (χ1) is 9.15. The molecule has 19 heavy (non-hydrogen) atoms. The Bertz CT molecular complexity index is 421. The van der Waals surface area contributed by atoms with E-state index in [-0.39, 0.29) is 11.9 Å². The van der Waals surface area contributed by atoms with Crippen LogP contribution in [-0.2, 0) is 11.2 Å². The lowest BCUT2D eigenvalue weighted by molar-refractivity contribution is -0.121. The summed E-state index contributed by atoms with van der Waals surface area (Å²) in [5.74, 6) is 0.0960. The standard InChI is InChI=1S/C15H19BrClNO/c16-13-4-2-1-3-5-14(13)18-15(19)10-11-6-8-12(17)9-7-11/h6-9,13-14H,1-5,10H2,(H,18,19). The maximum Gasteiger partial charge on any atom is 0.224 e. The van der Waals surface area contributed by atoms with Crippen molar-refractivity contribution in [2.45, 2.75) is 49.4 Å². The molecule has 2 rings (SSSR count). The molecule has 2 unspecified atom stereocenters. The van der Waals surface area contributed by atoms with Gasteiger partial charge < -0.3 is 5.32 Å². The lowest BCUT2D eigenvalue weighted by atomic mass is 10.1. The van der Waals surface area contributed by atoms with Crippen LogP contribution in [-0.4, -0.2) is 16.8 Å². The predicted octanol–water partition coefficient (Wildman–Crippen LogP) is 4.09. The fourth-order valence-corrected chi connectivity index (χ4v) is 3.32. The Morgan fingerprint density at radius 3 is 2.63 bits per heavy atom. The first-order valence-electron chi connectivity index (χ1n) is 6.83. The van der Waals surface area contributed by atoms with Gasteiger partial charge in [-0.05, 0) is 30.5 Å². The van der Waals surface area contributed by atoms with Crippen molar-refractivity contribution in [2.24, 2.45) is 0 Å². The Morgan fingerprint density at radius 1 is 1.21 bits per heavy atom. The van der Waals surface area contributed by atoms with Crippen LogP contribution >= 0.6 is 27.5 Å². The van der Waals surface area contributed by atoms with Gasteiger partial charge in [0.05, 0.1) is 6.42 Å². The van der Waals surface area contributed by atoms with Crippen LogP contribution in [0.2, 0.25) is 5.02 Å². The van der Waals surface area contributed by atoms with Crippen molar-refractivity contribution in [3.63, 3.8) is 0 Å². The molecule has 0 aromatic heterocycles. The van der Waals surface area contributed by atoms with E-state index < -0.39 is 0 Å². The number of rotatable bonds is 3. The fraction of sp³-hybridized carbons (Fsp3) is 0.533. The van der Waals surface area contributed by atoms with Crippen LogP contribution in [0.15, 0.2) is 24.3 Å². The number of halogens is 2. The summed E-state index contributed by atoms with van der Waals surface area (Å²) in [6, 6.07) is 7.72. The minimum absolute atomic E-state index is 0.0960. The van der Waals surface area contributed by atoms with Crippen molar-refractivity contribution in [1.82, 2.24) is 5.32 Å². The lowest BCUT2D eigenvalue weighted by Crippen LogP contribution is -2.41. The lowest BCUT2D eigenvalue weighted by Gasteiger charge is -2.21. The quantitative estimate of drug-likeness (QED) is 0.649. The topological polar surface area (TPSA) is 29.1 Å². The van der Waals surface area contributed by atoms with E-state index in [2.05, 4.69) is 21.2 Å². The van der Waals surface area contributed by atoms with Gasteiger partial charge in [0.25, 0.3) is 0 Å². The largest absolute Gasteiger partial charge is 0.352 e. The highest BCUT2D eigenvalue weighted by atomic mass is 79.9. The van der Waals surface area contributed by atoms with Crippen LogP contribution in [0.1, 0.15) is 37.7 Å². The molecule has 1 saturated carbocycles. The second kappa shape index (κ2) is 7.30. The van der Waals surface area contributed by atoms with E-state index in [1.807, 2.05) is 24.3 Å². The number of alkyl halides is 1. The van der Waals surface area contributed by atoms with Crippen molar-refractivity contribution in [2.75, 3.05) is 0 Å². The maximum absolute atomic E-state index is 12.1. The summed E-state index contributed by atoms with van der Waals surface area (Å²) in [6.45, 7) is 0. The maximum atomic E-state index is 12.1. The Balaban J connectivity index is 1.87. The summed E-state index contributed by atoms with van der Waals surface area (Å²) in [6.07, 6.45) is 6.36. The Hall–Kier alpha value is -0.540. The van der Waals surface area contributed by atoms with Crippen LogP contribution in [0, 0.1) is 0 Å². The number of carbonyl (C=O) groups is 1. The van der Waals surface area contributed by atoms with Crippen molar-refractivity contribution < 1.29 is 4.79 Å². The third-order valence-corrected chi connectivity index (χ3v) is 4.90. The molecule has 2 atom stereocenters. The van der Waals surface area contributed by atoms with Crippen LogP contribution in [0.5, 0.6) is 0 Å². The van der Waals surface area contributed by atoms with Gasteiger partial charge in [-0.15, -0.1) is 0 Å². The van der Waals surface area contributed by atoms with Gasteiger partial charge in [-0.2, -0.15) is 0 Å². The summed E-state index contributed by atoms with van der Waals surface area (Å²) in [5.41, 5.74) is 1.00. The van der Waals surface area contributed by atoms with Gasteiger partial charge in [0.15, 0.2) is 0 Å². The number of hydrogen-bond donors (Lipinski definition) is 1. The molecular formula is C15H19BrClNO. The number of benzene rings is 1. The molecular weight excluding hydrogens is 326 g/mol. The van der Waals surface area contributed by atoms with E-state index in [9.17, 15) is 4.79 Å². The molecule has 0 heterocycles. The van der Waals surface area contributed by atoms with Gasteiger partial charge >= 0.3 is 0 Å². The molecule has 104 valence electrons. The second-order valence-electron chi connectivity index (χ2n) is 5.13. The highest BCUT2D eigenvalue weighted by Crippen LogP contribution is 2.23. The minimum atomic E-state index is 0.0960. The highest BCUT2D eigenvalue weighted by molar-refractivity contribution is 9.09. The fourth-order valence-electron chi connectivity index (χ4n) is 2.47. The molecule has 1 aliphatic rings. The van der Waals surface area contributed by atoms with Crippen LogP contribution < -0.4 is 5.32 Å². The number of hydrogen-bond acceptors (Lipinski definition) is 1. The smallest absolute Gasteiger partial charge is 0.224 e. The molecule has 1 N–H and O–H groups in total. The van der Waals surface area contributed by atoms with Gasteiger partial charge in [0.2, 0.25) is 5.91 Å². The first kappa shape index (κ1) is 14.9. The number of nitrogens with one attached hydrogen (secondary N) is 1. The number of carbonyl (C=O) groups excluding carboxylic acids is 1. The van der Waals surface area contributed by atoms with Gasteiger partial charge in [-0.25, -0.2) is 0 Å². The molecule has 4 heteroatoms. The van der Waals surface area contributed by atoms with Crippen molar-refractivity contribution >= 4 is 33.4 Å². The molecule has 0 bridgehead atoms. The number of amides is 1. The molecule has 0 radical (unpaired) electrons. The average molecular weight is 345 g/mol. The van der Waals surface area contributed by atoms with Gasteiger partial charge in [-0.1, -0.05) is 58.9 Å². The third-order valence-electron chi connectivity index (χ3n) is 3.56. The SMILES string of the molecule is O=C(Cc1ccc(Cl)cc1)NC1CCCCCC1Br. The monoisotopic (exact) mass is 343 g/mol. The van der Waals surface area contributed by atoms with Gasteiger partial charge in [-0.3, -0.25) is 4.79 Å². The van der Waals surface area contributed by atoms with E-state index >= 15 is 0 Å². The van der Waals surface area contributed by atoms with E-state index in [4.69, 9.17) is 11.6 Å². The van der Waals surface area contributed by atoms with E-state index in [0.717, 1.165) is 18.4 Å². The summed E-state index contributed by atoms with van der Waals surface area (Å²) in [7, 11) is 0. The van der Waals surface area contributed by atoms with E-state index in [1.165, 1.54) is 19.3 Å². The van der Waals surface area contributed by atoms with Crippen LogP contribution in [0.3, 0.4) is 0 Å². The van der Waals surface area contributed by atoms with Crippen LogP contribution in [0.4, 0.5) is 0 Å². The highest BCUT2D eigenvalue weighted by Gasteiger charge is 2.22. The molecule has 1 amide bonds. The third kappa shape index (κ3) is 4.81. The van der Waals surface area contributed by atoms with Crippen LogP contribution in [0.25, 0.3) is 0 Å². The Morgan fingerprint density at radius 2 is 1.89 bits per heavy atom. The molecule has 0 spiro atoms. The van der Waals surface area contributed by atoms with E-state index in [1.54, 1.807) is 0 Å². The Labute approximate surface area is 128 Å². The zero-order chi connectivity index (χ0) is 13.7. The van der Waals surface area contributed by atoms with Gasteiger partial charge in [0.1, 0.15) is 0 Å². The summed E-state index contributed by atoms with van der Waals surface area (Å²) >= 11 is 9.53. The van der Waals surface area contributed by atoms with Crippen molar-refractivity contribution in [1.29, 1.82) is 0 Å². The van der Waals surface area contributed by atoms with Gasteiger partial charge in [0, 0.05) is 15.9 Å². The zero-order valence-electron chi connectivity index (χ0n) is 10.9. The second-order valence-corrected chi connectivity index (χ2v) is 6.74.